The van der Waals surface area contributed by atoms with Crippen LogP contribution in [0.25, 0.3) is 0 Å². The van der Waals surface area contributed by atoms with Gasteiger partial charge in [0.2, 0.25) is 0 Å². The summed E-state index contributed by atoms with van der Waals surface area (Å²) >= 11 is 5.95. The molecule has 0 amide bonds. The van der Waals surface area contributed by atoms with Gasteiger partial charge in [-0.2, -0.15) is 0 Å². The number of hydrogen-bond acceptors (Lipinski definition) is 4. The standard InChI is InChI=1S/C11H14ClNO3/c1-6-7(12)4-9(16-3)11(15)10(6)8(14)5-13-2/h4,13,15H,5H2,1-3H3. The summed E-state index contributed by atoms with van der Waals surface area (Å²) in [6, 6.07) is 1.49. The fraction of sp³-hybridized carbons (Fsp3) is 0.364. The average Bonchev–Trinajstić information content (AvgIpc) is 2.24. The number of hydrogen-bond donors (Lipinski definition) is 2. The van der Waals surface area contributed by atoms with Crippen molar-refractivity contribution in [3.63, 3.8) is 0 Å². The van der Waals surface area contributed by atoms with Crippen LogP contribution in [0.4, 0.5) is 0 Å². The molecule has 1 rings (SSSR count). The van der Waals surface area contributed by atoms with Gasteiger partial charge in [0.15, 0.2) is 17.3 Å². The van der Waals surface area contributed by atoms with E-state index in [1.54, 1.807) is 14.0 Å². The maximum Gasteiger partial charge on any atom is 0.180 e. The van der Waals surface area contributed by atoms with Crippen molar-refractivity contribution in [3.05, 3.63) is 22.2 Å². The number of methoxy groups -OCH3 is 1. The van der Waals surface area contributed by atoms with Gasteiger partial charge in [0, 0.05) is 11.1 Å². The summed E-state index contributed by atoms with van der Waals surface area (Å²) in [6.45, 7) is 1.82. The summed E-state index contributed by atoms with van der Waals surface area (Å²) < 4.78 is 4.94. The first-order chi connectivity index (χ1) is 7.52. The van der Waals surface area contributed by atoms with Gasteiger partial charge < -0.3 is 15.2 Å². The van der Waals surface area contributed by atoms with Crippen molar-refractivity contribution in [1.29, 1.82) is 0 Å². The van der Waals surface area contributed by atoms with E-state index in [0.29, 0.717) is 10.6 Å². The van der Waals surface area contributed by atoms with Crippen molar-refractivity contribution in [1.82, 2.24) is 5.32 Å². The van der Waals surface area contributed by atoms with Gasteiger partial charge in [-0.25, -0.2) is 0 Å². The summed E-state index contributed by atoms with van der Waals surface area (Å²) in [5, 5.41) is 13.0. The zero-order valence-electron chi connectivity index (χ0n) is 9.43. The highest BCUT2D eigenvalue weighted by molar-refractivity contribution is 6.32. The molecule has 0 saturated heterocycles. The molecule has 4 nitrogen and oxygen atoms in total. The van der Waals surface area contributed by atoms with E-state index in [1.165, 1.54) is 13.2 Å². The number of carbonyl (C=O) groups is 1. The van der Waals surface area contributed by atoms with Gasteiger partial charge in [0.1, 0.15) is 0 Å². The molecule has 1 aromatic carbocycles. The van der Waals surface area contributed by atoms with E-state index in [4.69, 9.17) is 16.3 Å². The van der Waals surface area contributed by atoms with Crippen LogP contribution >= 0.6 is 11.6 Å². The van der Waals surface area contributed by atoms with Gasteiger partial charge in [-0.3, -0.25) is 4.79 Å². The Kier molecular flexibility index (Phi) is 4.15. The molecule has 0 spiro atoms. The first-order valence-corrected chi connectivity index (χ1v) is 5.14. The molecule has 0 heterocycles. The minimum atomic E-state index is -0.224. The highest BCUT2D eigenvalue weighted by atomic mass is 35.5. The van der Waals surface area contributed by atoms with Crippen molar-refractivity contribution in [3.8, 4) is 11.5 Å². The normalized spacial score (nSPS) is 10.2. The van der Waals surface area contributed by atoms with Crippen LogP contribution in [0.2, 0.25) is 5.02 Å². The third-order valence-corrected chi connectivity index (χ3v) is 2.69. The predicted octanol–water partition coefficient (Wildman–Crippen LogP) is 1.76. The van der Waals surface area contributed by atoms with E-state index >= 15 is 0 Å². The molecular weight excluding hydrogens is 230 g/mol. The molecule has 16 heavy (non-hydrogen) atoms. The Labute approximate surface area is 99.2 Å². The van der Waals surface area contributed by atoms with Crippen LogP contribution in [0.3, 0.4) is 0 Å². The lowest BCUT2D eigenvalue weighted by Crippen LogP contribution is -2.19. The number of Topliss-reactive ketones (excluding diaryl/α,β-unsaturated/α-hetero) is 1. The zero-order valence-corrected chi connectivity index (χ0v) is 10.2. The molecule has 0 aliphatic carbocycles. The van der Waals surface area contributed by atoms with Gasteiger partial charge in [0.25, 0.3) is 0 Å². The molecule has 0 aliphatic heterocycles. The Morgan fingerprint density at radius 3 is 2.75 bits per heavy atom. The smallest absolute Gasteiger partial charge is 0.180 e. The van der Waals surface area contributed by atoms with Crippen molar-refractivity contribution in [2.24, 2.45) is 0 Å². The van der Waals surface area contributed by atoms with Crippen LogP contribution in [0.1, 0.15) is 15.9 Å². The number of halogens is 1. The second-order valence-corrected chi connectivity index (χ2v) is 3.77. The molecule has 2 N–H and O–H groups in total. The lowest BCUT2D eigenvalue weighted by Gasteiger charge is -2.12. The fourth-order valence-corrected chi connectivity index (χ4v) is 1.65. The summed E-state index contributed by atoms with van der Waals surface area (Å²) in [4.78, 5) is 11.8. The monoisotopic (exact) mass is 243 g/mol. The molecular formula is C11H14ClNO3. The molecule has 0 aromatic heterocycles. The molecule has 0 bridgehead atoms. The number of nitrogens with one attached hydrogen (secondary N) is 1. The Morgan fingerprint density at radius 1 is 1.62 bits per heavy atom. The number of carbonyl (C=O) groups excluding carboxylic acids is 1. The van der Waals surface area contributed by atoms with Gasteiger partial charge in [0.05, 0.1) is 19.2 Å². The molecule has 5 heteroatoms. The van der Waals surface area contributed by atoms with E-state index in [1.807, 2.05) is 0 Å². The van der Waals surface area contributed by atoms with Gasteiger partial charge in [-0.15, -0.1) is 0 Å². The molecule has 0 saturated carbocycles. The highest BCUT2D eigenvalue weighted by Gasteiger charge is 2.20. The first-order valence-electron chi connectivity index (χ1n) is 4.76. The molecule has 0 fully saturated rings. The minimum Gasteiger partial charge on any atom is -0.504 e. The predicted molar refractivity (Wildman–Crippen MR) is 62.7 cm³/mol. The number of benzene rings is 1. The molecule has 0 aliphatic rings. The summed E-state index contributed by atoms with van der Waals surface area (Å²) in [5.41, 5.74) is 0.763. The summed E-state index contributed by atoms with van der Waals surface area (Å²) in [5.74, 6) is -0.182. The van der Waals surface area contributed by atoms with E-state index in [0.717, 1.165) is 0 Å². The van der Waals surface area contributed by atoms with E-state index in [9.17, 15) is 9.90 Å². The zero-order chi connectivity index (χ0) is 12.3. The van der Waals surface area contributed by atoms with Gasteiger partial charge in [-0.1, -0.05) is 11.6 Å². The number of ether oxygens (including phenoxy) is 1. The van der Waals surface area contributed by atoms with Crippen LogP contribution in [-0.2, 0) is 0 Å². The number of phenols is 1. The van der Waals surface area contributed by atoms with Gasteiger partial charge in [-0.05, 0) is 19.5 Å². The number of phenolic OH excluding ortho intramolecular Hbond substituents is 1. The second kappa shape index (κ2) is 5.18. The molecule has 1 aromatic rings. The largest absolute Gasteiger partial charge is 0.504 e. The second-order valence-electron chi connectivity index (χ2n) is 3.36. The van der Waals surface area contributed by atoms with E-state index in [-0.39, 0.29) is 29.4 Å². The van der Waals surface area contributed by atoms with Crippen molar-refractivity contribution >= 4 is 17.4 Å². The lowest BCUT2D eigenvalue weighted by atomic mass is 10.0. The maximum absolute atomic E-state index is 11.8. The SMILES string of the molecule is CNCC(=O)c1c(C)c(Cl)cc(OC)c1O. The lowest BCUT2D eigenvalue weighted by molar-refractivity contribution is 0.0990. The highest BCUT2D eigenvalue weighted by Crippen LogP contribution is 2.36. The van der Waals surface area contributed by atoms with Crippen molar-refractivity contribution in [2.75, 3.05) is 20.7 Å². The van der Waals surface area contributed by atoms with Crippen molar-refractivity contribution < 1.29 is 14.6 Å². The van der Waals surface area contributed by atoms with Crippen LogP contribution in [0, 0.1) is 6.92 Å². The quantitative estimate of drug-likeness (QED) is 0.792. The molecule has 0 unspecified atom stereocenters. The fourth-order valence-electron chi connectivity index (χ4n) is 1.46. The molecule has 0 radical (unpaired) electrons. The Hall–Kier alpha value is -1.26. The minimum absolute atomic E-state index is 0.137. The van der Waals surface area contributed by atoms with Crippen LogP contribution in [0.5, 0.6) is 11.5 Å². The first kappa shape index (κ1) is 12.8. The van der Waals surface area contributed by atoms with Crippen LogP contribution in [-0.4, -0.2) is 31.6 Å². The summed E-state index contributed by atoms with van der Waals surface area (Å²) in [6.07, 6.45) is 0. The van der Waals surface area contributed by atoms with E-state index < -0.39 is 0 Å². The maximum atomic E-state index is 11.8. The molecule has 0 atom stereocenters. The van der Waals surface area contributed by atoms with E-state index in [2.05, 4.69) is 5.32 Å². The summed E-state index contributed by atoms with van der Waals surface area (Å²) in [7, 11) is 3.07. The Morgan fingerprint density at radius 2 is 2.25 bits per heavy atom. The topological polar surface area (TPSA) is 58.6 Å². The Balaban J connectivity index is 3.35. The number of rotatable bonds is 4. The Bertz CT molecular complexity index is 418. The third-order valence-electron chi connectivity index (χ3n) is 2.30. The number of likely N-dealkylation sites (N-methyl/N-ethyl adjacent to an activating group) is 1. The molecule has 88 valence electrons. The number of aromatic hydroxyl groups is 1. The number of ketones is 1. The average molecular weight is 244 g/mol. The van der Waals surface area contributed by atoms with Crippen molar-refractivity contribution in [2.45, 2.75) is 6.92 Å². The van der Waals surface area contributed by atoms with Crippen LogP contribution < -0.4 is 10.1 Å². The van der Waals surface area contributed by atoms with Gasteiger partial charge >= 0.3 is 0 Å². The van der Waals surface area contributed by atoms with Crippen LogP contribution in [0.15, 0.2) is 6.07 Å². The third kappa shape index (κ3) is 2.28.